The third kappa shape index (κ3) is 4.69. The van der Waals surface area contributed by atoms with Crippen LogP contribution < -0.4 is 14.8 Å². The quantitative estimate of drug-likeness (QED) is 0.709. The lowest BCUT2D eigenvalue weighted by molar-refractivity contribution is -0.123. The predicted molar refractivity (Wildman–Crippen MR) is 107 cm³/mol. The molecule has 1 aromatic heterocycles. The molecular weight excluding hydrogens is 380 g/mol. The number of rotatable bonds is 7. The number of esters is 1. The van der Waals surface area contributed by atoms with E-state index in [0.29, 0.717) is 27.6 Å². The van der Waals surface area contributed by atoms with E-state index in [1.54, 1.807) is 29.7 Å². The normalized spacial score (nSPS) is 11.5. The Morgan fingerprint density at radius 2 is 2.04 bits per heavy atom. The maximum atomic E-state index is 12.5. The van der Waals surface area contributed by atoms with Crippen LogP contribution in [0.25, 0.3) is 6.08 Å². The summed E-state index contributed by atoms with van der Waals surface area (Å²) in [6.45, 7) is 3.30. The summed E-state index contributed by atoms with van der Waals surface area (Å²) in [5, 5.41) is 13.7. The second-order valence-electron chi connectivity index (χ2n) is 5.61. The van der Waals surface area contributed by atoms with Crippen LogP contribution in [0.4, 0.5) is 5.00 Å². The first-order chi connectivity index (χ1) is 13.4. The molecule has 1 heterocycles. The lowest BCUT2D eigenvalue weighted by Crippen LogP contribution is -2.30. The molecule has 0 saturated heterocycles. The Morgan fingerprint density at radius 3 is 2.64 bits per heavy atom. The molecule has 0 spiro atoms. The van der Waals surface area contributed by atoms with Gasteiger partial charge in [-0.05, 0) is 37.4 Å². The molecule has 28 heavy (non-hydrogen) atoms. The van der Waals surface area contributed by atoms with Crippen molar-refractivity contribution in [3.63, 3.8) is 0 Å². The molecule has 146 valence electrons. The lowest BCUT2D eigenvalue weighted by atomic mass is 10.1. The second kappa shape index (κ2) is 9.58. The Hall–Kier alpha value is -3.31. The molecule has 1 unspecified atom stereocenters. The van der Waals surface area contributed by atoms with Gasteiger partial charge in [0.05, 0.1) is 25.3 Å². The summed E-state index contributed by atoms with van der Waals surface area (Å²) < 4.78 is 15.9. The summed E-state index contributed by atoms with van der Waals surface area (Å²) >= 11 is 1.22. The molecule has 0 aliphatic carbocycles. The number of thiophene rings is 1. The standard InChI is InChI=1S/C20H20N2O5S/c1-5-6-13-9-15(10-16(25-3)17(13)26-4)20(24)27-12(2)18(23)22-19-14(11-21)7-8-28-19/h5-10,12H,1-4H3,(H,22,23). The van der Waals surface area contributed by atoms with E-state index >= 15 is 0 Å². The molecule has 1 aromatic carbocycles. The summed E-state index contributed by atoms with van der Waals surface area (Å²) in [6, 6.07) is 6.67. The van der Waals surface area contributed by atoms with Crippen LogP contribution in [0.15, 0.2) is 29.7 Å². The Balaban J connectivity index is 2.18. The zero-order valence-electron chi connectivity index (χ0n) is 15.9. The molecular formula is C20H20N2O5S. The highest BCUT2D eigenvalue weighted by Crippen LogP contribution is 2.34. The lowest BCUT2D eigenvalue weighted by Gasteiger charge is -2.15. The topological polar surface area (TPSA) is 97.7 Å². The molecule has 2 aromatic rings. The van der Waals surface area contributed by atoms with Crippen molar-refractivity contribution in [1.29, 1.82) is 5.26 Å². The van der Waals surface area contributed by atoms with Crippen LogP contribution in [0.3, 0.4) is 0 Å². The molecule has 0 fully saturated rings. The maximum absolute atomic E-state index is 12.5. The highest BCUT2D eigenvalue weighted by molar-refractivity contribution is 7.14. The van der Waals surface area contributed by atoms with Crippen LogP contribution in [0.2, 0.25) is 0 Å². The van der Waals surface area contributed by atoms with Crippen molar-refractivity contribution in [2.24, 2.45) is 0 Å². The Bertz CT molecular complexity index is 943. The van der Waals surface area contributed by atoms with Gasteiger partial charge in [-0.3, -0.25) is 4.79 Å². The molecule has 2 rings (SSSR count). The van der Waals surface area contributed by atoms with Crippen molar-refractivity contribution in [1.82, 2.24) is 0 Å². The SMILES string of the molecule is CC=Cc1cc(C(=O)OC(C)C(=O)Nc2sccc2C#N)cc(OC)c1OC. The number of carbonyl (C=O) groups is 2. The average Bonchev–Trinajstić information content (AvgIpc) is 3.14. The molecule has 0 bridgehead atoms. The number of anilines is 1. The van der Waals surface area contributed by atoms with Crippen LogP contribution in [0.1, 0.15) is 35.3 Å². The minimum atomic E-state index is -1.06. The fraction of sp³-hybridized carbons (Fsp3) is 0.250. The van der Waals surface area contributed by atoms with Gasteiger partial charge in [-0.2, -0.15) is 5.26 Å². The number of ether oxygens (including phenoxy) is 3. The summed E-state index contributed by atoms with van der Waals surface area (Å²) in [7, 11) is 2.98. The molecule has 0 aliphatic rings. The van der Waals surface area contributed by atoms with E-state index in [0.717, 1.165) is 0 Å². The minimum Gasteiger partial charge on any atom is -0.493 e. The van der Waals surface area contributed by atoms with E-state index in [1.807, 2.05) is 13.0 Å². The third-order valence-electron chi connectivity index (χ3n) is 3.76. The number of benzene rings is 1. The second-order valence-corrected chi connectivity index (χ2v) is 6.53. The highest BCUT2D eigenvalue weighted by atomic mass is 32.1. The molecule has 0 radical (unpaired) electrons. The van der Waals surface area contributed by atoms with E-state index in [4.69, 9.17) is 19.5 Å². The fourth-order valence-electron chi connectivity index (χ4n) is 2.40. The van der Waals surface area contributed by atoms with Crippen molar-refractivity contribution in [3.8, 4) is 17.6 Å². The largest absolute Gasteiger partial charge is 0.493 e. The van der Waals surface area contributed by atoms with Gasteiger partial charge in [-0.25, -0.2) is 4.79 Å². The zero-order valence-corrected chi connectivity index (χ0v) is 16.8. The van der Waals surface area contributed by atoms with Gasteiger partial charge < -0.3 is 19.5 Å². The summed E-state index contributed by atoms with van der Waals surface area (Å²) in [5.41, 5.74) is 1.22. The fourth-order valence-corrected chi connectivity index (χ4v) is 3.15. The smallest absolute Gasteiger partial charge is 0.339 e. The van der Waals surface area contributed by atoms with E-state index in [-0.39, 0.29) is 5.56 Å². The van der Waals surface area contributed by atoms with Crippen molar-refractivity contribution >= 4 is 34.3 Å². The number of nitrogens with zero attached hydrogens (tertiary/aromatic N) is 1. The molecule has 1 N–H and O–H groups in total. The zero-order chi connectivity index (χ0) is 20.7. The first kappa shape index (κ1) is 21.0. The Kier molecular flexibility index (Phi) is 7.18. The van der Waals surface area contributed by atoms with Crippen LogP contribution in [-0.4, -0.2) is 32.2 Å². The van der Waals surface area contributed by atoms with Gasteiger partial charge in [0.2, 0.25) is 0 Å². The molecule has 0 saturated carbocycles. The van der Waals surface area contributed by atoms with Gasteiger partial charge in [-0.1, -0.05) is 12.2 Å². The molecule has 7 nitrogen and oxygen atoms in total. The number of hydrogen-bond acceptors (Lipinski definition) is 7. The van der Waals surface area contributed by atoms with E-state index < -0.39 is 18.0 Å². The van der Waals surface area contributed by atoms with Gasteiger partial charge in [0.1, 0.15) is 11.1 Å². The Morgan fingerprint density at radius 1 is 1.29 bits per heavy atom. The Labute approximate surface area is 167 Å². The predicted octanol–water partition coefficient (Wildman–Crippen LogP) is 3.85. The molecule has 1 atom stereocenters. The van der Waals surface area contributed by atoms with Crippen LogP contribution in [0, 0.1) is 11.3 Å². The van der Waals surface area contributed by atoms with Crippen LogP contribution in [0.5, 0.6) is 11.5 Å². The number of allylic oxidation sites excluding steroid dienone is 1. The average molecular weight is 400 g/mol. The van der Waals surface area contributed by atoms with Gasteiger partial charge >= 0.3 is 5.97 Å². The molecule has 1 amide bonds. The summed E-state index contributed by atoms with van der Waals surface area (Å²) in [6.07, 6.45) is 2.52. The van der Waals surface area contributed by atoms with Crippen molar-refractivity contribution in [2.75, 3.05) is 19.5 Å². The van der Waals surface area contributed by atoms with E-state index in [1.165, 1.54) is 38.5 Å². The number of methoxy groups -OCH3 is 2. The van der Waals surface area contributed by atoms with Crippen LogP contribution in [-0.2, 0) is 9.53 Å². The van der Waals surface area contributed by atoms with Gasteiger partial charge in [0, 0.05) is 5.56 Å². The molecule has 0 aliphatic heterocycles. The summed E-state index contributed by atoms with van der Waals surface area (Å²) in [5.74, 6) is -0.341. The van der Waals surface area contributed by atoms with Crippen LogP contribution >= 0.6 is 11.3 Å². The number of nitriles is 1. The third-order valence-corrected chi connectivity index (χ3v) is 4.59. The number of nitrogens with one attached hydrogen (secondary N) is 1. The first-order valence-corrected chi connectivity index (χ1v) is 9.21. The monoisotopic (exact) mass is 400 g/mol. The van der Waals surface area contributed by atoms with E-state index in [9.17, 15) is 9.59 Å². The number of carbonyl (C=O) groups excluding carboxylic acids is 2. The maximum Gasteiger partial charge on any atom is 0.339 e. The molecule has 8 heteroatoms. The minimum absolute atomic E-state index is 0.222. The van der Waals surface area contributed by atoms with E-state index in [2.05, 4.69) is 5.32 Å². The number of hydrogen-bond donors (Lipinski definition) is 1. The van der Waals surface area contributed by atoms with Crippen molar-refractivity contribution in [2.45, 2.75) is 20.0 Å². The highest BCUT2D eigenvalue weighted by Gasteiger charge is 2.22. The van der Waals surface area contributed by atoms with Crippen molar-refractivity contribution < 1.29 is 23.8 Å². The van der Waals surface area contributed by atoms with Gasteiger partial charge in [0.25, 0.3) is 5.91 Å². The van der Waals surface area contributed by atoms with Gasteiger partial charge in [0.15, 0.2) is 17.6 Å². The van der Waals surface area contributed by atoms with Gasteiger partial charge in [-0.15, -0.1) is 11.3 Å². The number of amides is 1. The first-order valence-electron chi connectivity index (χ1n) is 8.33. The summed E-state index contributed by atoms with van der Waals surface area (Å²) in [4.78, 5) is 24.8. The van der Waals surface area contributed by atoms with Crippen molar-refractivity contribution in [3.05, 3.63) is 46.3 Å².